The Morgan fingerprint density at radius 1 is 1.47 bits per heavy atom. The third kappa shape index (κ3) is 2.58. The number of thiophene rings is 1. The second-order valence-electron chi connectivity index (χ2n) is 3.91. The summed E-state index contributed by atoms with van der Waals surface area (Å²) in [6.07, 6.45) is -0.0594. The molecule has 2 rings (SSSR count). The average Bonchev–Trinajstić information content (AvgIpc) is 2.74. The molecule has 1 aromatic rings. The summed E-state index contributed by atoms with van der Waals surface area (Å²) in [5, 5.41) is 8.29. The van der Waals surface area contributed by atoms with Crippen LogP contribution in [0.5, 0.6) is 0 Å². The number of aryl methyl sites for hydroxylation is 1. The Labute approximate surface area is 105 Å². The fourth-order valence-corrected chi connectivity index (χ4v) is 2.31. The van der Waals surface area contributed by atoms with Gasteiger partial charge in [-0.3, -0.25) is 5.32 Å². The molecule has 0 radical (unpaired) electrons. The molecule has 0 saturated heterocycles. The molecular formula is C11H17N5S. The van der Waals surface area contributed by atoms with Crippen LogP contribution >= 0.6 is 11.3 Å². The fourth-order valence-electron chi connectivity index (χ4n) is 1.59. The van der Waals surface area contributed by atoms with Crippen LogP contribution in [0.2, 0.25) is 0 Å². The lowest BCUT2D eigenvalue weighted by atomic mass is 10.4. The first kappa shape index (κ1) is 11.9. The van der Waals surface area contributed by atoms with Crippen molar-refractivity contribution in [2.24, 2.45) is 9.98 Å². The maximum absolute atomic E-state index is 4.47. The molecule has 1 unspecified atom stereocenters. The molecule has 0 aliphatic carbocycles. The molecule has 6 heteroatoms. The summed E-state index contributed by atoms with van der Waals surface area (Å²) >= 11 is 1.73. The van der Waals surface area contributed by atoms with Crippen LogP contribution in [0.1, 0.15) is 11.8 Å². The third-order valence-electron chi connectivity index (χ3n) is 2.51. The van der Waals surface area contributed by atoms with Gasteiger partial charge in [-0.15, -0.1) is 11.3 Å². The van der Waals surface area contributed by atoms with Crippen LogP contribution in [-0.2, 0) is 0 Å². The van der Waals surface area contributed by atoms with Gasteiger partial charge >= 0.3 is 0 Å². The fraction of sp³-hybridized carbons (Fsp3) is 0.455. The van der Waals surface area contributed by atoms with Crippen molar-refractivity contribution in [2.75, 3.05) is 19.0 Å². The van der Waals surface area contributed by atoms with Crippen LogP contribution in [-0.4, -0.2) is 32.2 Å². The van der Waals surface area contributed by atoms with Crippen LogP contribution < -0.4 is 15.5 Å². The molecule has 1 aromatic heterocycles. The van der Waals surface area contributed by atoms with Crippen molar-refractivity contribution < 1.29 is 0 Å². The Bertz CT molecular complexity index is 462. The number of rotatable bonds is 1. The van der Waals surface area contributed by atoms with E-state index in [9.17, 15) is 0 Å². The molecule has 0 amide bonds. The van der Waals surface area contributed by atoms with Crippen LogP contribution in [0.4, 0.5) is 5.69 Å². The topological polar surface area (TPSA) is 52.0 Å². The van der Waals surface area contributed by atoms with Crippen LogP contribution in [0.25, 0.3) is 0 Å². The number of guanidine groups is 2. The molecule has 1 aliphatic heterocycles. The molecule has 5 nitrogen and oxygen atoms in total. The highest BCUT2D eigenvalue weighted by Crippen LogP contribution is 2.21. The van der Waals surface area contributed by atoms with E-state index in [0.29, 0.717) is 0 Å². The lowest BCUT2D eigenvalue weighted by Gasteiger charge is -2.25. The Balaban J connectivity index is 2.18. The van der Waals surface area contributed by atoms with E-state index in [0.717, 1.165) is 17.6 Å². The molecule has 17 heavy (non-hydrogen) atoms. The van der Waals surface area contributed by atoms with Gasteiger partial charge in [0.05, 0.1) is 5.69 Å². The Hall–Kier alpha value is -1.56. The highest BCUT2D eigenvalue weighted by molar-refractivity contribution is 7.10. The van der Waals surface area contributed by atoms with Crippen LogP contribution in [0, 0.1) is 6.92 Å². The predicted molar refractivity (Wildman–Crippen MR) is 74.0 cm³/mol. The Morgan fingerprint density at radius 3 is 2.82 bits per heavy atom. The van der Waals surface area contributed by atoms with Crippen molar-refractivity contribution >= 4 is 28.9 Å². The van der Waals surface area contributed by atoms with E-state index in [1.165, 1.54) is 4.88 Å². The number of nitrogens with one attached hydrogen (secondary N) is 2. The minimum absolute atomic E-state index is 0.0594. The highest BCUT2D eigenvalue weighted by atomic mass is 32.1. The zero-order chi connectivity index (χ0) is 12.4. The van der Waals surface area contributed by atoms with E-state index >= 15 is 0 Å². The van der Waals surface area contributed by atoms with E-state index < -0.39 is 0 Å². The third-order valence-corrected chi connectivity index (χ3v) is 3.36. The lowest BCUT2D eigenvalue weighted by Crippen LogP contribution is -2.49. The summed E-state index contributed by atoms with van der Waals surface area (Å²) < 4.78 is 0. The van der Waals surface area contributed by atoms with Gasteiger partial charge in [0.1, 0.15) is 6.17 Å². The maximum Gasteiger partial charge on any atom is 0.207 e. The Kier molecular flexibility index (Phi) is 3.33. The first-order valence-corrected chi connectivity index (χ1v) is 6.37. The van der Waals surface area contributed by atoms with Crippen LogP contribution in [0.15, 0.2) is 21.4 Å². The van der Waals surface area contributed by atoms with Crippen molar-refractivity contribution in [2.45, 2.75) is 20.0 Å². The van der Waals surface area contributed by atoms with Gasteiger partial charge in [-0.2, -0.15) is 0 Å². The van der Waals surface area contributed by atoms with Gasteiger partial charge in [0.15, 0.2) is 5.96 Å². The Morgan fingerprint density at radius 2 is 2.24 bits per heavy atom. The average molecular weight is 251 g/mol. The molecular weight excluding hydrogens is 234 g/mol. The van der Waals surface area contributed by atoms with Gasteiger partial charge in [0.2, 0.25) is 5.96 Å². The minimum atomic E-state index is -0.0594. The zero-order valence-corrected chi connectivity index (χ0v) is 11.3. The van der Waals surface area contributed by atoms with Crippen molar-refractivity contribution in [3.63, 3.8) is 0 Å². The molecule has 92 valence electrons. The first-order chi connectivity index (χ1) is 8.10. The minimum Gasteiger partial charge on any atom is -0.359 e. The van der Waals surface area contributed by atoms with Gasteiger partial charge in [-0.25, -0.2) is 9.98 Å². The summed E-state index contributed by atoms with van der Waals surface area (Å²) in [6.45, 7) is 4.06. The van der Waals surface area contributed by atoms with Crippen molar-refractivity contribution in [3.05, 3.63) is 16.3 Å². The monoisotopic (exact) mass is 251 g/mol. The first-order valence-electron chi connectivity index (χ1n) is 5.49. The second kappa shape index (κ2) is 4.75. The van der Waals surface area contributed by atoms with E-state index in [-0.39, 0.29) is 6.17 Å². The summed E-state index contributed by atoms with van der Waals surface area (Å²) in [6, 6.07) is 2.14. The van der Waals surface area contributed by atoms with Crippen molar-refractivity contribution in [1.29, 1.82) is 0 Å². The highest BCUT2D eigenvalue weighted by Gasteiger charge is 2.17. The van der Waals surface area contributed by atoms with E-state index in [4.69, 9.17) is 0 Å². The summed E-state index contributed by atoms with van der Waals surface area (Å²) in [5.74, 6) is 1.57. The molecule has 0 spiro atoms. The normalized spacial score (nSPS) is 19.2. The van der Waals surface area contributed by atoms with E-state index in [2.05, 4.69) is 39.0 Å². The van der Waals surface area contributed by atoms with Gasteiger partial charge < -0.3 is 10.2 Å². The van der Waals surface area contributed by atoms with Gasteiger partial charge in [0.25, 0.3) is 0 Å². The molecule has 1 aliphatic rings. The van der Waals surface area contributed by atoms with E-state index in [1.807, 2.05) is 25.9 Å². The molecule has 1 atom stereocenters. The number of anilines is 1. The lowest BCUT2D eigenvalue weighted by molar-refractivity contribution is 0.750. The summed E-state index contributed by atoms with van der Waals surface area (Å²) in [7, 11) is 3.84. The maximum atomic E-state index is 4.47. The largest absolute Gasteiger partial charge is 0.359 e. The molecule has 0 bridgehead atoms. The van der Waals surface area contributed by atoms with Gasteiger partial charge in [-0.1, -0.05) is 0 Å². The SMILES string of the molecule is CNC1=NC(C)N=C(N(C)c2csc(C)c2)N1. The predicted octanol–water partition coefficient (Wildman–Crippen LogP) is 1.37. The molecule has 0 fully saturated rings. The van der Waals surface area contributed by atoms with Gasteiger partial charge in [0, 0.05) is 24.4 Å². The molecule has 2 heterocycles. The zero-order valence-electron chi connectivity index (χ0n) is 10.5. The number of nitrogens with zero attached hydrogens (tertiary/aromatic N) is 3. The number of hydrogen-bond donors (Lipinski definition) is 2. The van der Waals surface area contributed by atoms with Crippen molar-refractivity contribution in [3.8, 4) is 0 Å². The number of aliphatic imine (C=N–C) groups is 2. The van der Waals surface area contributed by atoms with Crippen LogP contribution in [0.3, 0.4) is 0 Å². The number of hydrogen-bond acceptors (Lipinski definition) is 6. The summed E-state index contributed by atoms with van der Waals surface area (Å²) in [5.41, 5.74) is 1.14. The standard InChI is InChI=1S/C11H17N5S/c1-7-5-9(6-17-7)16(4)11-14-8(2)13-10(12-3)15-11/h5-6,8H,1-4H3,(H2,12,13,14,15). The second-order valence-corrected chi connectivity index (χ2v) is 5.03. The molecule has 0 saturated carbocycles. The smallest absolute Gasteiger partial charge is 0.207 e. The van der Waals surface area contributed by atoms with Gasteiger partial charge in [-0.05, 0) is 19.9 Å². The van der Waals surface area contributed by atoms with Crippen molar-refractivity contribution in [1.82, 2.24) is 10.6 Å². The quantitative estimate of drug-likeness (QED) is 0.792. The van der Waals surface area contributed by atoms with E-state index in [1.54, 1.807) is 11.3 Å². The molecule has 0 aromatic carbocycles. The molecule has 2 N–H and O–H groups in total. The summed E-state index contributed by atoms with van der Waals surface area (Å²) in [4.78, 5) is 12.1.